The molecule has 0 saturated carbocycles. The predicted molar refractivity (Wildman–Crippen MR) is 51.6 cm³/mol. The van der Waals surface area contributed by atoms with Crippen molar-refractivity contribution >= 4 is 17.8 Å². The molecule has 1 aliphatic rings. The average Bonchev–Trinajstić information content (AvgIpc) is 2.49. The van der Waals surface area contributed by atoms with Crippen LogP contribution in [0.5, 0.6) is 0 Å². The lowest BCUT2D eigenvalue weighted by Crippen LogP contribution is -2.33. The van der Waals surface area contributed by atoms with Crippen molar-refractivity contribution in [2.45, 2.75) is 6.92 Å². The first kappa shape index (κ1) is 11.2. The number of esters is 1. The zero-order valence-electron chi connectivity index (χ0n) is 8.30. The second-order valence-corrected chi connectivity index (χ2v) is 2.83. The summed E-state index contributed by atoms with van der Waals surface area (Å²) >= 11 is 0. The van der Waals surface area contributed by atoms with Crippen molar-refractivity contribution < 1.29 is 19.1 Å². The molecule has 0 saturated heterocycles. The van der Waals surface area contributed by atoms with E-state index in [0.717, 1.165) is 4.90 Å². The van der Waals surface area contributed by atoms with Gasteiger partial charge in [-0.2, -0.15) is 0 Å². The summed E-state index contributed by atoms with van der Waals surface area (Å²) in [4.78, 5) is 34.0. The highest BCUT2D eigenvalue weighted by molar-refractivity contribution is 6.12. The van der Waals surface area contributed by atoms with Gasteiger partial charge in [-0.05, 0) is 6.92 Å². The van der Waals surface area contributed by atoms with E-state index in [1.807, 2.05) is 0 Å². The van der Waals surface area contributed by atoms with Gasteiger partial charge in [-0.25, -0.2) is 4.79 Å². The van der Waals surface area contributed by atoms with E-state index in [1.54, 1.807) is 13.0 Å². The zero-order chi connectivity index (χ0) is 11.3. The Kier molecular flexibility index (Phi) is 3.79. The molecule has 1 heterocycles. The lowest BCUT2D eigenvalue weighted by Gasteiger charge is -2.12. The minimum atomic E-state index is -0.482. The first-order valence-corrected chi connectivity index (χ1v) is 4.48. The van der Waals surface area contributed by atoms with Gasteiger partial charge in [0.25, 0.3) is 11.8 Å². The fraction of sp³-hybridized carbons (Fsp3) is 0.300. The number of imide groups is 1. The number of allylic oxidation sites excluding steroid dienone is 1. The van der Waals surface area contributed by atoms with Crippen molar-refractivity contribution in [1.82, 2.24) is 4.90 Å². The van der Waals surface area contributed by atoms with E-state index in [4.69, 9.17) is 4.74 Å². The number of amides is 2. The molecule has 0 spiro atoms. The molecule has 0 aliphatic carbocycles. The van der Waals surface area contributed by atoms with Gasteiger partial charge in [0, 0.05) is 18.2 Å². The van der Waals surface area contributed by atoms with Crippen LogP contribution >= 0.6 is 0 Å². The molecule has 15 heavy (non-hydrogen) atoms. The number of rotatable bonds is 4. The maximum Gasteiger partial charge on any atom is 0.330 e. The Bertz CT molecular complexity index is 325. The fourth-order valence-corrected chi connectivity index (χ4v) is 1.07. The summed E-state index contributed by atoms with van der Waals surface area (Å²) < 4.78 is 4.74. The van der Waals surface area contributed by atoms with Crippen LogP contribution in [0.25, 0.3) is 0 Å². The number of carbonyl (C=O) groups excluding carboxylic acids is 3. The Balaban J connectivity index is 2.29. The monoisotopic (exact) mass is 209 g/mol. The second-order valence-electron chi connectivity index (χ2n) is 2.83. The van der Waals surface area contributed by atoms with Crippen LogP contribution in [0.15, 0.2) is 24.3 Å². The molecule has 0 aromatic heterocycles. The van der Waals surface area contributed by atoms with Crippen LogP contribution in [0.3, 0.4) is 0 Å². The van der Waals surface area contributed by atoms with E-state index < -0.39 is 5.97 Å². The summed E-state index contributed by atoms with van der Waals surface area (Å²) in [7, 11) is 0. The molecule has 0 fully saturated rings. The number of hydrogen-bond acceptors (Lipinski definition) is 4. The van der Waals surface area contributed by atoms with Crippen LogP contribution in [0.4, 0.5) is 0 Å². The summed E-state index contributed by atoms with van der Waals surface area (Å²) in [5.74, 6) is -1.23. The van der Waals surface area contributed by atoms with Crippen molar-refractivity contribution in [3.05, 3.63) is 24.3 Å². The summed E-state index contributed by atoms with van der Waals surface area (Å²) in [6, 6.07) is 0. The first-order valence-electron chi connectivity index (χ1n) is 4.48. The molecular formula is C10H11NO4. The van der Waals surface area contributed by atoms with Crippen LogP contribution in [0, 0.1) is 0 Å². The number of nitrogens with zero attached hydrogens (tertiary/aromatic N) is 1. The van der Waals surface area contributed by atoms with Gasteiger partial charge in [0.2, 0.25) is 0 Å². The third-order valence-electron chi connectivity index (χ3n) is 1.76. The van der Waals surface area contributed by atoms with Gasteiger partial charge in [-0.3, -0.25) is 14.5 Å². The van der Waals surface area contributed by atoms with Crippen LogP contribution in [0.2, 0.25) is 0 Å². The number of hydrogen-bond donors (Lipinski definition) is 0. The third kappa shape index (κ3) is 3.05. The van der Waals surface area contributed by atoms with Gasteiger partial charge in [-0.1, -0.05) is 6.08 Å². The fourth-order valence-electron chi connectivity index (χ4n) is 1.07. The van der Waals surface area contributed by atoms with Gasteiger partial charge in [0.05, 0.1) is 6.54 Å². The maximum atomic E-state index is 11.0. The summed E-state index contributed by atoms with van der Waals surface area (Å²) in [5.41, 5.74) is 0. The molecule has 2 amide bonds. The van der Waals surface area contributed by atoms with Gasteiger partial charge in [-0.15, -0.1) is 0 Å². The van der Waals surface area contributed by atoms with Crippen molar-refractivity contribution in [3.63, 3.8) is 0 Å². The molecule has 0 radical (unpaired) electrons. The molecular weight excluding hydrogens is 198 g/mol. The molecule has 1 rings (SSSR count). The third-order valence-corrected chi connectivity index (χ3v) is 1.76. The minimum Gasteiger partial charge on any atom is -0.461 e. The lowest BCUT2D eigenvalue weighted by molar-refractivity contribution is -0.143. The lowest BCUT2D eigenvalue weighted by atomic mass is 10.5. The van der Waals surface area contributed by atoms with E-state index in [-0.39, 0.29) is 25.0 Å². The number of ether oxygens (including phenoxy) is 1. The molecule has 0 unspecified atom stereocenters. The molecule has 1 aliphatic heterocycles. The Morgan fingerprint density at radius 3 is 2.53 bits per heavy atom. The molecule has 0 bridgehead atoms. The van der Waals surface area contributed by atoms with E-state index in [9.17, 15) is 14.4 Å². The Hall–Kier alpha value is -1.91. The van der Waals surface area contributed by atoms with E-state index in [1.165, 1.54) is 18.2 Å². The van der Waals surface area contributed by atoms with Crippen LogP contribution in [-0.4, -0.2) is 35.8 Å². The molecule has 80 valence electrons. The van der Waals surface area contributed by atoms with Gasteiger partial charge < -0.3 is 4.74 Å². The summed E-state index contributed by atoms with van der Waals surface area (Å²) in [6.45, 7) is 1.80. The molecule has 0 N–H and O–H groups in total. The predicted octanol–water partition coefficient (Wildman–Crippen LogP) is 0.0307. The maximum absolute atomic E-state index is 11.0. The standard InChI is InChI=1S/C10H11NO4/c1-2-3-10(14)15-7-6-11-8(12)4-5-9(11)13/h2-5H,6-7H2,1H3/b3-2+. The average molecular weight is 209 g/mol. The van der Waals surface area contributed by atoms with Crippen molar-refractivity contribution in [3.8, 4) is 0 Å². The summed E-state index contributed by atoms with van der Waals surface area (Å²) in [6.07, 6.45) is 5.20. The Morgan fingerprint density at radius 2 is 2.00 bits per heavy atom. The highest BCUT2D eigenvalue weighted by Gasteiger charge is 2.22. The van der Waals surface area contributed by atoms with E-state index >= 15 is 0 Å². The smallest absolute Gasteiger partial charge is 0.330 e. The van der Waals surface area contributed by atoms with Gasteiger partial charge in [0.1, 0.15) is 6.61 Å². The normalized spacial score (nSPS) is 15.4. The van der Waals surface area contributed by atoms with Crippen LogP contribution in [0.1, 0.15) is 6.92 Å². The second kappa shape index (κ2) is 5.09. The molecule has 0 aromatic carbocycles. The van der Waals surface area contributed by atoms with Gasteiger partial charge in [0.15, 0.2) is 0 Å². The van der Waals surface area contributed by atoms with Crippen molar-refractivity contribution in [2.24, 2.45) is 0 Å². The van der Waals surface area contributed by atoms with Crippen LogP contribution in [-0.2, 0) is 19.1 Å². The zero-order valence-corrected chi connectivity index (χ0v) is 8.30. The van der Waals surface area contributed by atoms with E-state index in [0.29, 0.717) is 0 Å². The van der Waals surface area contributed by atoms with E-state index in [2.05, 4.69) is 0 Å². The Morgan fingerprint density at radius 1 is 1.40 bits per heavy atom. The molecule has 5 nitrogen and oxygen atoms in total. The largest absolute Gasteiger partial charge is 0.461 e. The molecule has 0 aromatic rings. The molecule has 0 atom stereocenters. The minimum absolute atomic E-state index is 0.0162. The topological polar surface area (TPSA) is 63.7 Å². The highest BCUT2D eigenvalue weighted by atomic mass is 16.5. The quantitative estimate of drug-likeness (QED) is 0.372. The van der Waals surface area contributed by atoms with Crippen molar-refractivity contribution in [2.75, 3.05) is 13.2 Å². The Labute approximate surface area is 87.0 Å². The molecule has 5 heteroatoms. The first-order chi connectivity index (χ1) is 7.15. The summed E-state index contributed by atoms with van der Waals surface area (Å²) in [5, 5.41) is 0. The highest BCUT2D eigenvalue weighted by Crippen LogP contribution is 2.02. The van der Waals surface area contributed by atoms with Crippen molar-refractivity contribution in [1.29, 1.82) is 0 Å². The SMILES string of the molecule is C/C=C/C(=O)OCCN1C(=O)C=CC1=O. The van der Waals surface area contributed by atoms with Gasteiger partial charge >= 0.3 is 5.97 Å². The van der Waals surface area contributed by atoms with Crippen LogP contribution < -0.4 is 0 Å². The number of carbonyl (C=O) groups is 3.